The molecule has 0 radical (unpaired) electrons. The second kappa shape index (κ2) is 12.1. The average molecular weight is 492 g/mol. The summed E-state index contributed by atoms with van der Waals surface area (Å²) in [7, 11) is 1.73. The molecule has 8 nitrogen and oxygen atoms in total. The van der Waals surface area contributed by atoms with Crippen LogP contribution in [0.15, 0.2) is 48.7 Å². The quantitative estimate of drug-likeness (QED) is 0.526. The van der Waals surface area contributed by atoms with Crippen LogP contribution in [0.5, 0.6) is 0 Å². The second-order valence-electron chi connectivity index (χ2n) is 9.84. The molecule has 36 heavy (non-hydrogen) atoms. The molecular weight excluding hydrogens is 454 g/mol. The van der Waals surface area contributed by atoms with Crippen molar-refractivity contribution in [3.05, 3.63) is 48.7 Å². The van der Waals surface area contributed by atoms with Gasteiger partial charge in [0.1, 0.15) is 17.9 Å². The van der Waals surface area contributed by atoms with Gasteiger partial charge in [0.05, 0.1) is 6.04 Å². The van der Waals surface area contributed by atoms with Crippen molar-refractivity contribution in [2.24, 2.45) is 5.92 Å². The fourth-order valence-electron chi connectivity index (χ4n) is 5.30. The molecule has 2 heterocycles. The van der Waals surface area contributed by atoms with Crippen LogP contribution in [0.3, 0.4) is 0 Å². The van der Waals surface area contributed by atoms with E-state index in [0.29, 0.717) is 18.8 Å². The van der Waals surface area contributed by atoms with E-state index in [2.05, 4.69) is 20.9 Å². The summed E-state index contributed by atoms with van der Waals surface area (Å²) in [6.45, 7) is 2.28. The van der Waals surface area contributed by atoms with Crippen LogP contribution in [0.1, 0.15) is 51.9 Å². The van der Waals surface area contributed by atoms with E-state index in [1.807, 2.05) is 42.5 Å². The van der Waals surface area contributed by atoms with Crippen molar-refractivity contribution in [1.29, 1.82) is 0 Å². The number of nitrogens with zero attached hydrogens (tertiary/aromatic N) is 2. The molecule has 0 bridgehead atoms. The molecule has 8 heteroatoms. The lowest BCUT2D eigenvalue weighted by atomic mass is 9.83. The molecule has 2 fully saturated rings. The number of aromatic nitrogens is 1. The maximum atomic E-state index is 13.8. The SMILES string of the molecule is CNC(C)C(=O)NC(C(=O)N1CCCC1C(=O)Nc1ncccc1-c1ccccc1)C1CCCCC1. The van der Waals surface area contributed by atoms with Crippen LogP contribution in [0.2, 0.25) is 0 Å². The number of carbonyl (C=O) groups is 3. The molecule has 1 saturated carbocycles. The third kappa shape index (κ3) is 5.93. The Morgan fingerprint density at radius 1 is 0.972 bits per heavy atom. The first-order valence-electron chi connectivity index (χ1n) is 13.1. The minimum atomic E-state index is -0.614. The third-order valence-corrected chi connectivity index (χ3v) is 7.48. The maximum Gasteiger partial charge on any atom is 0.248 e. The van der Waals surface area contributed by atoms with Gasteiger partial charge in [0.25, 0.3) is 0 Å². The number of anilines is 1. The van der Waals surface area contributed by atoms with Crippen molar-refractivity contribution in [3.63, 3.8) is 0 Å². The first-order chi connectivity index (χ1) is 17.5. The molecule has 1 aliphatic carbocycles. The number of nitrogens with one attached hydrogen (secondary N) is 3. The Hall–Kier alpha value is -3.26. The van der Waals surface area contributed by atoms with E-state index in [0.717, 1.165) is 49.7 Å². The van der Waals surface area contributed by atoms with E-state index in [-0.39, 0.29) is 23.6 Å². The molecule has 192 valence electrons. The third-order valence-electron chi connectivity index (χ3n) is 7.48. The zero-order chi connectivity index (χ0) is 25.5. The highest BCUT2D eigenvalue weighted by Gasteiger charge is 2.41. The highest BCUT2D eigenvalue weighted by molar-refractivity contribution is 6.00. The van der Waals surface area contributed by atoms with Gasteiger partial charge >= 0.3 is 0 Å². The van der Waals surface area contributed by atoms with Gasteiger partial charge in [0.15, 0.2) is 0 Å². The lowest BCUT2D eigenvalue weighted by Gasteiger charge is -2.35. The highest BCUT2D eigenvalue weighted by atomic mass is 16.2. The minimum absolute atomic E-state index is 0.0871. The summed E-state index contributed by atoms with van der Waals surface area (Å²) in [4.78, 5) is 46.1. The van der Waals surface area contributed by atoms with Gasteiger partial charge in [-0.05, 0) is 63.3 Å². The molecule has 3 amide bonds. The monoisotopic (exact) mass is 491 g/mol. The van der Waals surface area contributed by atoms with Gasteiger partial charge in [-0.3, -0.25) is 14.4 Å². The van der Waals surface area contributed by atoms with Crippen molar-refractivity contribution >= 4 is 23.5 Å². The summed E-state index contributed by atoms with van der Waals surface area (Å²) in [5.41, 5.74) is 1.79. The summed E-state index contributed by atoms with van der Waals surface area (Å²) >= 11 is 0. The number of rotatable bonds is 8. The first-order valence-corrected chi connectivity index (χ1v) is 13.1. The van der Waals surface area contributed by atoms with Crippen LogP contribution in [-0.2, 0) is 14.4 Å². The number of likely N-dealkylation sites (tertiary alicyclic amines) is 1. The molecule has 3 atom stereocenters. The van der Waals surface area contributed by atoms with Crippen molar-refractivity contribution in [2.45, 2.75) is 70.0 Å². The standard InChI is InChI=1S/C28H37N5O3/c1-19(29-2)26(34)31-24(21-13-7-4-8-14-21)28(36)33-18-10-16-23(33)27(35)32-25-22(15-9-17-30-25)20-11-5-3-6-12-20/h3,5-6,9,11-12,15,17,19,21,23-24,29H,4,7-8,10,13-14,16,18H2,1-2H3,(H,31,34)(H,30,32,35). The molecule has 1 aromatic carbocycles. The predicted octanol–water partition coefficient (Wildman–Crippen LogP) is 3.35. The maximum absolute atomic E-state index is 13.8. The van der Waals surface area contributed by atoms with Gasteiger partial charge < -0.3 is 20.9 Å². The Labute approximate surface area is 213 Å². The molecule has 3 unspecified atom stereocenters. The second-order valence-corrected chi connectivity index (χ2v) is 9.84. The zero-order valence-electron chi connectivity index (χ0n) is 21.2. The summed E-state index contributed by atoms with van der Waals surface area (Å²) in [5, 5.41) is 8.94. The first kappa shape index (κ1) is 25.8. The van der Waals surface area contributed by atoms with Crippen LogP contribution in [0, 0.1) is 5.92 Å². The van der Waals surface area contributed by atoms with Gasteiger partial charge in [0.2, 0.25) is 17.7 Å². The summed E-state index contributed by atoms with van der Waals surface area (Å²) < 4.78 is 0. The molecule has 2 aliphatic rings. The molecule has 1 saturated heterocycles. The number of amides is 3. The Kier molecular flexibility index (Phi) is 8.70. The lowest BCUT2D eigenvalue weighted by Crippen LogP contribution is -2.57. The Morgan fingerprint density at radius 2 is 1.72 bits per heavy atom. The molecule has 1 aliphatic heterocycles. The van der Waals surface area contributed by atoms with Crippen LogP contribution in [0.4, 0.5) is 5.82 Å². The van der Waals surface area contributed by atoms with E-state index < -0.39 is 18.1 Å². The van der Waals surface area contributed by atoms with E-state index >= 15 is 0 Å². The molecular formula is C28H37N5O3. The van der Waals surface area contributed by atoms with Crippen molar-refractivity contribution in [3.8, 4) is 11.1 Å². The Balaban J connectivity index is 1.52. The van der Waals surface area contributed by atoms with Crippen molar-refractivity contribution in [1.82, 2.24) is 20.5 Å². The minimum Gasteiger partial charge on any atom is -0.343 e. The van der Waals surface area contributed by atoms with Crippen molar-refractivity contribution in [2.75, 3.05) is 18.9 Å². The van der Waals surface area contributed by atoms with Crippen LogP contribution < -0.4 is 16.0 Å². The number of carbonyl (C=O) groups excluding carboxylic acids is 3. The topological polar surface area (TPSA) is 103 Å². The summed E-state index contributed by atoms with van der Waals surface area (Å²) in [6.07, 6.45) is 8.06. The highest BCUT2D eigenvalue weighted by Crippen LogP contribution is 2.30. The number of benzene rings is 1. The van der Waals surface area contributed by atoms with E-state index in [1.165, 1.54) is 0 Å². The number of pyridine rings is 1. The molecule has 2 aromatic rings. The smallest absolute Gasteiger partial charge is 0.248 e. The number of likely N-dealkylation sites (N-methyl/N-ethyl adjacent to an activating group) is 1. The fraction of sp³-hybridized carbons (Fsp3) is 0.500. The summed E-state index contributed by atoms with van der Waals surface area (Å²) in [6, 6.07) is 11.9. The van der Waals surface area contributed by atoms with Gasteiger partial charge in [-0.1, -0.05) is 49.6 Å². The average Bonchev–Trinajstić information content (AvgIpc) is 3.42. The Morgan fingerprint density at radius 3 is 2.44 bits per heavy atom. The molecule has 0 spiro atoms. The van der Waals surface area contributed by atoms with Crippen LogP contribution >= 0.6 is 0 Å². The largest absolute Gasteiger partial charge is 0.343 e. The molecule has 1 aromatic heterocycles. The number of hydrogen-bond donors (Lipinski definition) is 3. The summed E-state index contributed by atoms with van der Waals surface area (Å²) in [5.74, 6) is -0.0193. The number of hydrogen-bond acceptors (Lipinski definition) is 5. The zero-order valence-corrected chi connectivity index (χ0v) is 21.2. The van der Waals surface area contributed by atoms with E-state index in [9.17, 15) is 14.4 Å². The van der Waals surface area contributed by atoms with Crippen LogP contribution in [0.25, 0.3) is 11.1 Å². The van der Waals surface area contributed by atoms with Gasteiger partial charge in [-0.25, -0.2) is 4.98 Å². The predicted molar refractivity (Wildman–Crippen MR) is 140 cm³/mol. The van der Waals surface area contributed by atoms with Crippen molar-refractivity contribution < 1.29 is 14.4 Å². The Bertz CT molecular complexity index is 1050. The lowest BCUT2D eigenvalue weighted by molar-refractivity contribution is -0.142. The van der Waals surface area contributed by atoms with Gasteiger partial charge in [-0.2, -0.15) is 0 Å². The van der Waals surface area contributed by atoms with Gasteiger partial charge in [-0.15, -0.1) is 0 Å². The fourth-order valence-corrected chi connectivity index (χ4v) is 5.30. The van der Waals surface area contributed by atoms with Gasteiger partial charge in [0, 0.05) is 18.3 Å². The van der Waals surface area contributed by atoms with E-state index in [1.54, 1.807) is 25.1 Å². The molecule has 4 rings (SSSR count). The van der Waals surface area contributed by atoms with E-state index in [4.69, 9.17) is 0 Å². The molecule has 3 N–H and O–H groups in total. The van der Waals surface area contributed by atoms with Crippen LogP contribution in [-0.4, -0.2) is 59.3 Å². The normalized spacial score (nSPS) is 19.9.